The number of hydrogen-bond donors (Lipinski definition) is 1. The number of nitrogens with one attached hydrogen (secondary N) is 1. The van der Waals surface area contributed by atoms with Gasteiger partial charge in [-0.25, -0.2) is 9.67 Å². The molecule has 0 saturated carbocycles. The quantitative estimate of drug-likeness (QED) is 0.482. The average Bonchev–Trinajstić information content (AvgIpc) is 3.39. The minimum Gasteiger partial charge on any atom is -0.309 e. The molecule has 1 N–H and O–H groups in total. The van der Waals surface area contributed by atoms with Crippen LogP contribution in [0.15, 0.2) is 78.3 Å². The number of hydrogen-bond acceptors (Lipinski definition) is 5. The number of nitrogens with zero attached hydrogens (tertiary/aromatic N) is 5. The lowest BCUT2D eigenvalue weighted by Crippen LogP contribution is -2.18. The van der Waals surface area contributed by atoms with Crippen molar-refractivity contribution in [3.8, 4) is 17.4 Å². The number of anilines is 1. The number of amides is 1. The Morgan fingerprint density at radius 2 is 1.97 bits per heavy atom. The van der Waals surface area contributed by atoms with Gasteiger partial charge in [0.15, 0.2) is 11.0 Å². The smallest absolute Gasteiger partial charge is 0.236 e. The summed E-state index contributed by atoms with van der Waals surface area (Å²) >= 11 is 1.33. The van der Waals surface area contributed by atoms with Gasteiger partial charge >= 0.3 is 0 Å². The SMILES string of the molecule is Cc1cccc(-n2ccnc2SCC(=O)Nc2c(C#N)cnn2-c2ccccc2)c1. The molecule has 4 aromatic rings. The van der Waals surface area contributed by atoms with Crippen LogP contribution in [0.5, 0.6) is 0 Å². The molecule has 8 heteroatoms. The standard InChI is InChI=1S/C22H18N6OS/c1-16-6-5-9-19(12-16)27-11-10-24-22(27)30-15-20(29)26-21-17(13-23)14-25-28(21)18-7-3-2-4-8-18/h2-12,14H,15H2,1H3,(H,26,29). The summed E-state index contributed by atoms with van der Waals surface area (Å²) in [5.41, 5.74) is 3.20. The Bertz CT molecular complexity index is 1220. The molecule has 0 radical (unpaired) electrons. The number of nitriles is 1. The molecular formula is C22H18N6OS. The molecule has 0 saturated heterocycles. The molecule has 2 aromatic carbocycles. The fourth-order valence-electron chi connectivity index (χ4n) is 2.98. The number of aromatic nitrogens is 4. The van der Waals surface area contributed by atoms with Gasteiger partial charge in [-0.2, -0.15) is 10.4 Å². The zero-order valence-corrected chi connectivity index (χ0v) is 17.0. The van der Waals surface area contributed by atoms with E-state index in [0.29, 0.717) is 16.5 Å². The molecule has 0 bridgehead atoms. The molecule has 4 rings (SSSR count). The number of para-hydroxylation sites is 1. The zero-order valence-electron chi connectivity index (χ0n) is 16.2. The van der Waals surface area contributed by atoms with E-state index in [1.165, 1.54) is 18.0 Å². The van der Waals surface area contributed by atoms with E-state index in [2.05, 4.69) is 27.5 Å². The number of carbonyl (C=O) groups excluding carboxylic acids is 1. The molecule has 2 aromatic heterocycles. The normalized spacial score (nSPS) is 10.5. The van der Waals surface area contributed by atoms with Crippen LogP contribution in [-0.4, -0.2) is 31.0 Å². The third-order valence-corrected chi connectivity index (χ3v) is 5.33. The van der Waals surface area contributed by atoms with Gasteiger partial charge in [-0.05, 0) is 36.8 Å². The molecule has 1 amide bonds. The van der Waals surface area contributed by atoms with Gasteiger partial charge in [0.1, 0.15) is 11.6 Å². The molecule has 0 aliphatic heterocycles. The van der Waals surface area contributed by atoms with E-state index in [0.717, 1.165) is 16.9 Å². The van der Waals surface area contributed by atoms with Gasteiger partial charge in [-0.1, -0.05) is 42.1 Å². The van der Waals surface area contributed by atoms with Crippen molar-refractivity contribution in [3.05, 3.63) is 84.3 Å². The first-order valence-corrected chi connectivity index (χ1v) is 10.2. The van der Waals surface area contributed by atoms with Crippen LogP contribution >= 0.6 is 11.8 Å². The number of thioether (sulfide) groups is 1. The highest BCUT2D eigenvalue weighted by Crippen LogP contribution is 2.23. The first kappa shape index (κ1) is 19.5. The van der Waals surface area contributed by atoms with Crippen molar-refractivity contribution in [2.45, 2.75) is 12.1 Å². The second-order valence-corrected chi connectivity index (χ2v) is 7.46. The van der Waals surface area contributed by atoms with Crippen molar-refractivity contribution < 1.29 is 4.79 Å². The van der Waals surface area contributed by atoms with Gasteiger partial charge in [0.2, 0.25) is 5.91 Å². The summed E-state index contributed by atoms with van der Waals surface area (Å²) in [6.07, 6.45) is 5.02. The second kappa shape index (κ2) is 8.68. The highest BCUT2D eigenvalue weighted by atomic mass is 32.2. The lowest BCUT2D eigenvalue weighted by atomic mass is 10.2. The maximum atomic E-state index is 12.6. The van der Waals surface area contributed by atoms with E-state index in [-0.39, 0.29) is 11.7 Å². The van der Waals surface area contributed by atoms with Crippen molar-refractivity contribution in [2.75, 3.05) is 11.1 Å². The van der Waals surface area contributed by atoms with Crippen LogP contribution in [0.3, 0.4) is 0 Å². The number of rotatable bonds is 6. The van der Waals surface area contributed by atoms with E-state index >= 15 is 0 Å². The van der Waals surface area contributed by atoms with Crippen molar-refractivity contribution in [3.63, 3.8) is 0 Å². The Kier molecular flexibility index (Phi) is 5.63. The van der Waals surface area contributed by atoms with Gasteiger partial charge in [-0.3, -0.25) is 9.36 Å². The predicted octanol–water partition coefficient (Wildman–Crippen LogP) is 3.97. The molecule has 0 aliphatic carbocycles. The van der Waals surface area contributed by atoms with E-state index in [1.54, 1.807) is 10.9 Å². The zero-order chi connectivity index (χ0) is 20.9. The van der Waals surface area contributed by atoms with E-state index < -0.39 is 0 Å². The molecule has 0 spiro atoms. The average molecular weight is 414 g/mol. The molecule has 2 heterocycles. The topological polar surface area (TPSA) is 88.5 Å². The fourth-order valence-corrected chi connectivity index (χ4v) is 3.76. The summed E-state index contributed by atoms with van der Waals surface area (Å²) in [5, 5.41) is 17.2. The van der Waals surface area contributed by atoms with Gasteiger partial charge in [0, 0.05) is 18.1 Å². The summed E-state index contributed by atoms with van der Waals surface area (Å²) in [6, 6.07) is 19.5. The van der Waals surface area contributed by atoms with Crippen molar-refractivity contribution >= 4 is 23.5 Å². The predicted molar refractivity (Wildman–Crippen MR) is 116 cm³/mol. The Morgan fingerprint density at radius 1 is 1.17 bits per heavy atom. The highest BCUT2D eigenvalue weighted by Gasteiger charge is 2.16. The van der Waals surface area contributed by atoms with Crippen LogP contribution in [-0.2, 0) is 4.79 Å². The second-order valence-electron chi connectivity index (χ2n) is 6.52. The largest absolute Gasteiger partial charge is 0.309 e. The van der Waals surface area contributed by atoms with Crippen LogP contribution < -0.4 is 5.32 Å². The Morgan fingerprint density at radius 3 is 2.73 bits per heavy atom. The van der Waals surface area contributed by atoms with Crippen LogP contribution in [0, 0.1) is 18.3 Å². The highest BCUT2D eigenvalue weighted by molar-refractivity contribution is 7.99. The van der Waals surface area contributed by atoms with E-state index in [1.807, 2.05) is 66.2 Å². The number of imidazole rings is 1. The third-order valence-electron chi connectivity index (χ3n) is 4.37. The van der Waals surface area contributed by atoms with Gasteiger partial charge in [0.25, 0.3) is 0 Å². The summed E-state index contributed by atoms with van der Waals surface area (Å²) in [6.45, 7) is 2.03. The minimum absolute atomic E-state index is 0.146. The summed E-state index contributed by atoms with van der Waals surface area (Å²) < 4.78 is 3.49. The van der Waals surface area contributed by atoms with Crippen LogP contribution in [0.1, 0.15) is 11.1 Å². The first-order chi connectivity index (χ1) is 14.7. The Balaban J connectivity index is 1.49. The molecule has 148 valence electrons. The first-order valence-electron chi connectivity index (χ1n) is 9.22. The van der Waals surface area contributed by atoms with E-state index in [4.69, 9.17) is 0 Å². The Labute approximate surface area is 178 Å². The van der Waals surface area contributed by atoms with Crippen molar-refractivity contribution in [1.82, 2.24) is 19.3 Å². The van der Waals surface area contributed by atoms with Gasteiger partial charge in [0.05, 0.1) is 17.6 Å². The molecule has 7 nitrogen and oxygen atoms in total. The van der Waals surface area contributed by atoms with Gasteiger partial charge in [-0.15, -0.1) is 0 Å². The molecule has 0 atom stereocenters. The van der Waals surface area contributed by atoms with Crippen molar-refractivity contribution in [1.29, 1.82) is 5.26 Å². The van der Waals surface area contributed by atoms with Crippen molar-refractivity contribution in [2.24, 2.45) is 0 Å². The lowest BCUT2D eigenvalue weighted by Gasteiger charge is -2.10. The molecule has 0 fully saturated rings. The van der Waals surface area contributed by atoms with E-state index in [9.17, 15) is 10.1 Å². The Hall–Kier alpha value is -3.83. The van der Waals surface area contributed by atoms with Crippen LogP contribution in [0.2, 0.25) is 0 Å². The number of carbonyl (C=O) groups is 1. The summed E-state index contributed by atoms with van der Waals surface area (Å²) in [5.74, 6) is 0.262. The maximum Gasteiger partial charge on any atom is 0.236 e. The summed E-state index contributed by atoms with van der Waals surface area (Å²) in [4.78, 5) is 17.0. The molecule has 0 unspecified atom stereocenters. The van der Waals surface area contributed by atoms with Crippen LogP contribution in [0.4, 0.5) is 5.82 Å². The van der Waals surface area contributed by atoms with Gasteiger partial charge < -0.3 is 5.32 Å². The molecular weight excluding hydrogens is 396 g/mol. The number of aryl methyl sites for hydroxylation is 1. The maximum absolute atomic E-state index is 12.6. The lowest BCUT2D eigenvalue weighted by molar-refractivity contribution is -0.113. The number of benzene rings is 2. The summed E-state index contributed by atoms with van der Waals surface area (Å²) in [7, 11) is 0. The molecule has 30 heavy (non-hydrogen) atoms. The monoisotopic (exact) mass is 414 g/mol. The third kappa shape index (κ3) is 4.11. The molecule has 0 aliphatic rings. The van der Waals surface area contributed by atoms with Crippen LogP contribution in [0.25, 0.3) is 11.4 Å². The minimum atomic E-state index is -0.243. The fraction of sp³-hybridized carbons (Fsp3) is 0.0909.